The molecule has 3 nitrogen and oxygen atoms in total. The Labute approximate surface area is 388 Å². The van der Waals surface area contributed by atoms with Crippen molar-refractivity contribution < 1.29 is 4.42 Å². The van der Waals surface area contributed by atoms with E-state index in [4.69, 9.17) is 4.42 Å². The molecular formula is C64H42N2O. The molecule has 13 rings (SSSR count). The van der Waals surface area contributed by atoms with Crippen molar-refractivity contribution in [1.29, 1.82) is 0 Å². The first-order valence-electron chi connectivity index (χ1n) is 22.9. The summed E-state index contributed by atoms with van der Waals surface area (Å²) in [6, 6.07) is 91.9. The van der Waals surface area contributed by atoms with Crippen molar-refractivity contribution in [2.24, 2.45) is 0 Å². The first kappa shape index (κ1) is 38.5. The molecule has 0 N–H and O–H groups in total. The molecule has 0 aliphatic rings. The number of fused-ring (bicyclic) bond motifs is 7. The number of nitrogens with zero attached hydrogens (tertiary/aromatic N) is 2. The number of rotatable bonds is 8. The molecule has 3 heteroatoms. The molecule has 0 unspecified atom stereocenters. The van der Waals surface area contributed by atoms with Crippen LogP contribution >= 0.6 is 0 Å². The van der Waals surface area contributed by atoms with Gasteiger partial charge in [0.1, 0.15) is 11.2 Å². The zero-order valence-electron chi connectivity index (χ0n) is 36.6. The van der Waals surface area contributed by atoms with Crippen molar-refractivity contribution >= 4 is 71.6 Å². The minimum Gasteiger partial charge on any atom is -0.456 e. The van der Waals surface area contributed by atoms with Gasteiger partial charge in [0.2, 0.25) is 0 Å². The molecule has 67 heavy (non-hydrogen) atoms. The van der Waals surface area contributed by atoms with E-state index in [0.29, 0.717) is 0 Å². The van der Waals surface area contributed by atoms with E-state index in [1.807, 2.05) is 12.1 Å². The summed E-state index contributed by atoms with van der Waals surface area (Å²) in [5.74, 6) is 0. The highest BCUT2D eigenvalue weighted by Crippen LogP contribution is 2.42. The van der Waals surface area contributed by atoms with Gasteiger partial charge in [-0.3, -0.25) is 0 Å². The highest BCUT2D eigenvalue weighted by Gasteiger charge is 2.19. The molecule has 0 aliphatic carbocycles. The van der Waals surface area contributed by atoms with Crippen LogP contribution < -0.4 is 4.90 Å². The molecule has 0 aliphatic heterocycles. The van der Waals surface area contributed by atoms with E-state index >= 15 is 0 Å². The molecule has 0 fully saturated rings. The molecule has 0 bridgehead atoms. The van der Waals surface area contributed by atoms with E-state index in [2.05, 4.69) is 252 Å². The van der Waals surface area contributed by atoms with Gasteiger partial charge in [0, 0.05) is 50.2 Å². The van der Waals surface area contributed by atoms with E-state index in [1.165, 1.54) is 66.0 Å². The Kier molecular flexibility index (Phi) is 9.17. The van der Waals surface area contributed by atoms with Gasteiger partial charge >= 0.3 is 0 Å². The lowest BCUT2D eigenvalue weighted by molar-refractivity contribution is 0.669. The van der Waals surface area contributed by atoms with Crippen LogP contribution in [0.5, 0.6) is 0 Å². The molecule has 0 radical (unpaired) electrons. The molecule has 0 amide bonds. The summed E-state index contributed by atoms with van der Waals surface area (Å²) >= 11 is 0. The average Bonchev–Trinajstić information content (AvgIpc) is 3.95. The highest BCUT2D eigenvalue weighted by molar-refractivity contribution is 6.10. The number of para-hydroxylation sites is 4. The Morgan fingerprint density at radius 3 is 1.49 bits per heavy atom. The smallest absolute Gasteiger partial charge is 0.137 e. The van der Waals surface area contributed by atoms with E-state index in [0.717, 1.165) is 55.8 Å². The number of hydrogen-bond donors (Lipinski definition) is 0. The molecule has 0 saturated carbocycles. The number of anilines is 3. The van der Waals surface area contributed by atoms with Gasteiger partial charge in [0.05, 0.1) is 16.7 Å². The van der Waals surface area contributed by atoms with Gasteiger partial charge in [0.15, 0.2) is 0 Å². The topological polar surface area (TPSA) is 21.3 Å². The van der Waals surface area contributed by atoms with Crippen LogP contribution in [0.15, 0.2) is 259 Å². The molecule has 11 aromatic carbocycles. The van der Waals surface area contributed by atoms with Crippen LogP contribution in [0.4, 0.5) is 17.1 Å². The third kappa shape index (κ3) is 6.76. The summed E-state index contributed by atoms with van der Waals surface area (Å²) in [6.45, 7) is 0. The van der Waals surface area contributed by atoms with Gasteiger partial charge in [-0.05, 0) is 123 Å². The highest BCUT2D eigenvalue weighted by atomic mass is 16.3. The molecular weight excluding hydrogens is 813 g/mol. The van der Waals surface area contributed by atoms with Crippen LogP contribution in [0.1, 0.15) is 0 Å². The SMILES string of the molecule is c1cc(-c2ccc(-c3ccc(N(c4ccc(-c5ccccc5-n5c6ccccc6c6ccccc65)cc4)c4ccc5c(c4)oc4ccccc45)cc3)cc2)cc(-c2ccc3ccccc3c2)c1. The first-order chi connectivity index (χ1) is 33.2. The second-order valence-electron chi connectivity index (χ2n) is 17.3. The third-order valence-corrected chi connectivity index (χ3v) is 13.4. The molecule has 13 aromatic rings. The summed E-state index contributed by atoms with van der Waals surface area (Å²) in [7, 11) is 0. The quantitative estimate of drug-likeness (QED) is 0.152. The summed E-state index contributed by atoms with van der Waals surface area (Å²) < 4.78 is 8.84. The Hall–Kier alpha value is -8.92. The summed E-state index contributed by atoms with van der Waals surface area (Å²) in [5.41, 5.74) is 17.9. The van der Waals surface area contributed by atoms with Crippen LogP contribution in [-0.4, -0.2) is 4.57 Å². The maximum absolute atomic E-state index is 6.44. The minimum atomic E-state index is 0.861. The van der Waals surface area contributed by atoms with Crippen LogP contribution in [-0.2, 0) is 0 Å². The second kappa shape index (κ2) is 16.0. The predicted molar refractivity (Wildman–Crippen MR) is 282 cm³/mol. The van der Waals surface area contributed by atoms with Gasteiger partial charge in [-0.25, -0.2) is 0 Å². The van der Waals surface area contributed by atoms with Crippen LogP contribution in [0.3, 0.4) is 0 Å². The molecule has 314 valence electrons. The first-order valence-corrected chi connectivity index (χ1v) is 22.9. The van der Waals surface area contributed by atoms with Crippen LogP contribution in [0, 0.1) is 0 Å². The summed E-state index contributed by atoms with van der Waals surface area (Å²) in [4.78, 5) is 2.32. The predicted octanol–water partition coefficient (Wildman–Crippen LogP) is 18.0. The zero-order valence-corrected chi connectivity index (χ0v) is 36.6. The fourth-order valence-corrected chi connectivity index (χ4v) is 10.1. The Morgan fingerprint density at radius 2 is 0.776 bits per heavy atom. The standard InChI is InChI=1S/C64H42N2O/c1-2-13-48-41-51(29-28-43(48)12-1)50-15-11-14-49(40-50)46-26-24-44(25-27-46)45-30-34-52(35-31-45)65(54-38-39-59-58-19-6-10-23-63(58)67-64(59)42-54)53-36-32-47(33-37-53)55-16-3-7-20-60(55)66-61-21-8-4-17-56(61)57-18-5-9-22-62(57)66/h1-42H. The lowest BCUT2D eigenvalue weighted by atomic mass is 9.96. The normalized spacial score (nSPS) is 11.6. The Bertz CT molecular complexity index is 3920. The van der Waals surface area contributed by atoms with Crippen molar-refractivity contribution in [3.05, 3.63) is 255 Å². The maximum atomic E-state index is 6.44. The largest absolute Gasteiger partial charge is 0.456 e. The molecule has 2 heterocycles. The van der Waals surface area contributed by atoms with E-state index < -0.39 is 0 Å². The van der Waals surface area contributed by atoms with Crippen molar-refractivity contribution in [3.63, 3.8) is 0 Å². The van der Waals surface area contributed by atoms with Crippen molar-refractivity contribution in [2.75, 3.05) is 4.90 Å². The Balaban J connectivity index is 0.846. The van der Waals surface area contributed by atoms with Gasteiger partial charge in [-0.1, -0.05) is 176 Å². The monoisotopic (exact) mass is 854 g/mol. The minimum absolute atomic E-state index is 0.861. The van der Waals surface area contributed by atoms with Crippen LogP contribution in [0.2, 0.25) is 0 Å². The van der Waals surface area contributed by atoms with Gasteiger partial charge in [-0.2, -0.15) is 0 Å². The number of hydrogen-bond acceptors (Lipinski definition) is 2. The fourth-order valence-electron chi connectivity index (χ4n) is 10.1. The van der Waals surface area contributed by atoms with Gasteiger partial charge in [-0.15, -0.1) is 0 Å². The number of aromatic nitrogens is 1. The van der Waals surface area contributed by atoms with Crippen LogP contribution in [0.25, 0.3) is 105 Å². The molecule has 2 aromatic heterocycles. The maximum Gasteiger partial charge on any atom is 0.137 e. The van der Waals surface area contributed by atoms with E-state index in [1.54, 1.807) is 0 Å². The number of furan rings is 1. The van der Waals surface area contributed by atoms with E-state index in [-0.39, 0.29) is 0 Å². The van der Waals surface area contributed by atoms with Gasteiger partial charge in [0.25, 0.3) is 0 Å². The fraction of sp³-hybridized carbons (Fsp3) is 0. The summed E-state index contributed by atoms with van der Waals surface area (Å²) in [6.07, 6.45) is 0. The molecule has 0 spiro atoms. The third-order valence-electron chi connectivity index (χ3n) is 13.4. The zero-order chi connectivity index (χ0) is 44.3. The second-order valence-corrected chi connectivity index (χ2v) is 17.3. The lowest BCUT2D eigenvalue weighted by Gasteiger charge is -2.26. The average molecular weight is 855 g/mol. The molecule has 0 saturated heterocycles. The van der Waals surface area contributed by atoms with Gasteiger partial charge < -0.3 is 13.9 Å². The molecule has 0 atom stereocenters. The number of benzene rings is 11. The van der Waals surface area contributed by atoms with Crippen molar-refractivity contribution in [1.82, 2.24) is 4.57 Å². The van der Waals surface area contributed by atoms with Crippen molar-refractivity contribution in [3.8, 4) is 50.2 Å². The lowest BCUT2D eigenvalue weighted by Crippen LogP contribution is -2.09. The van der Waals surface area contributed by atoms with E-state index in [9.17, 15) is 0 Å². The summed E-state index contributed by atoms with van der Waals surface area (Å²) in [5, 5.41) is 7.24. The van der Waals surface area contributed by atoms with Crippen molar-refractivity contribution in [2.45, 2.75) is 0 Å². The Morgan fingerprint density at radius 1 is 0.284 bits per heavy atom.